The Hall–Kier alpha value is -1.10. The fourth-order valence-corrected chi connectivity index (χ4v) is 2.62. The molecule has 0 aromatic rings. The van der Waals surface area contributed by atoms with Gasteiger partial charge in [0.1, 0.15) is 11.1 Å². The molecule has 4 nitrogen and oxygen atoms in total. The number of rotatable bonds is 0. The van der Waals surface area contributed by atoms with E-state index in [0.717, 1.165) is 38.8 Å². The van der Waals surface area contributed by atoms with Crippen LogP contribution >= 0.6 is 0 Å². The van der Waals surface area contributed by atoms with Gasteiger partial charge in [0.05, 0.1) is 12.1 Å². The molecule has 4 heteroatoms. The average Bonchev–Trinajstić information content (AvgIpc) is 2.28. The van der Waals surface area contributed by atoms with Crippen LogP contribution in [0.15, 0.2) is 0 Å². The van der Waals surface area contributed by atoms with E-state index in [2.05, 4.69) is 22.8 Å². The highest BCUT2D eigenvalue weighted by Gasteiger charge is 2.55. The molecule has 0 radical (unpaired) electrons. The van der Waals surface area contributed by atoms with Gasteiger partial charge in [0.15, 0.2) is 0 Å². The molecular weight excluding hydrogens is 176 g/mol. The number of hydrogen-bond acceptors (Lipinski definition) is 4. The van der Waals surface area contributed by atoms with Crippen LogP contribution in [0.25, 0.3) is 0 Å². The number of nitrogens with one attached hydrogen (secondary N) is 2. The molecule has 2 aliphatic rings. The van der Waals surface area contributed by atoms with Gasteiger partial charge in [0, 0.05) is 13.1 Å². The summed E-state index contributed by atoms with van der Waals surface area (Å²) in [6.45, 7) is 1.55. The first-order chi connectivity index (χ1) is 6.79. The lowest BCUT2D eigenvalue weighted by atomic mass is 9.67. The van der Waals surface area contributed by atoms with Crippen LogP contribution in [0.3, 0.4) is 0 Å². The number of nitriles is 2. The van der Waals surface area contributed by atoms with Gasteiger partial charge in [-0.1, -0.05) is 12.8 Å². The van der Waals surface area contributed by atoms with E-state index in [1.54, 1.807) is 0 Å². The zero-order valence-electron chi connectivity index (χ0n) is 8.14. The molecule has 1 heterocycles. The lowest BCUT2D eigenvalue weighted by Gasteiger charge is -2.49. The van der Waals surface area contributed by atoms with Crippen LogP contribution in [0, 0.1) is 22.7 Å². The van der Waals surface area contributed by atoms with E-state index in [-0.39, 0.29) is 0 Å². The maximum atomic E-state index is 9.27. The molecule has 0 bridgehead atoms. The molecule has 2 fully saturated rings. The van der Waals surface area contributed by atoms with Crippen molar-refractivity contribution in [1.29, 1.82) is 10.5 Å². The van der Waals surface area contributed by atoms with Crippen molar-refractivity contribution in [2.24, 2.45) is 0 Å². The van der Waals surface area contributed by atoms with Crippen molar-refractivity contribution >= 4 is 0 Å². The quantitative estimate of drug-likeness (QED) is 0.575. The van der Waals surface area contributed by atoms with Crippen molar-refractivity contribution in [3.05, 3.63) is 0 Å². The van der Waals surface area contributed by atoms with Gasteiger partial charge in [-0.05, 0) is 12.8 Å². The van der Waals surface area contributed by atoms with Gasteiger partial charge in [-0.3, -0.25) is 10.6 Å². The van der Waals surface area contributed by atoms with Gasteiger partial charge in [-0.2, -0.15) is 10.5 Å². The molecule has 0 spiro atoms. The van der Waals surface area contributed by atoms with Crippen LogP contribution in [0.2, 0.25) is 0 Å². The maximum Gasteiger partial charge on any atom is 0.138 e. The van der Waals surface area contributed by atoms with E-state index in [0.29, 0.717) is 0 Å². The Balaban J connectivity index is 2.39. The molecule has 2 rings (SSSR count). The lowest BCUT2D eigenvalue weighted by molar-refractivity contribution is 0.136. The third-order valence-corrected chi connectivity index (χ3v) is 3.44. The smallest absolute Gasteiger partial charge is 0.138 e. The van der Waals surface area contributed by atoms with Crippen molar-refractivity contribution in [3.8, 4) is 12.1 Å². The summed E-state index contributed by atoms with van der Waals surface area (Å²) in [5, 5.41) is 25.0. The van der Waals surface area contributed by atoms with Gasteiger partial charge in [0.25, 0.3) is 0 Å². The first-order valence-electron chi connectivity index (χ1n) is 5.11. The standard InChI is InChI=1S/C10H14N4/c11-7-9-3-1-2-4-10(9,8-12)14-6-5-13-9/h13-14H,1-6H2. The molecule has 2 N–H and O–H groups in total. The fraction of sp³-hybridized carbons (Fsp3) is 0.800. The van der Waals surface area contributed by atoms with E-state index in [1.807, 2.05) is 0 Å². The number of piperazine rings is 1. The molecule has 1 saturated carbocycles. The summed E-state index contributed by atoms with van der Waals surface area (Å²) in [6.07, 6.45) is 3.63. The van der Waals surface area contributed by atoms with E-state index in [4.69, 9.17) is 0 Å². The van der Waals surface area contributed by atoms with Crippen LogP contribution in [0.1, 0.15) is 25.7 Å². The number of hydrogen-bond donors (Lipinski definition) is 2. The van der Waals surface area contributed by atoms with Gasteiger partial charge in [-0.15, -0.1) is 0 Å². The highest BCUT2D eigenvalue weighted by Crippen LogP contribution is 2.37. The molecule has 74 valence electrons. The second-order valence-electron chi connectivity index (χ2n) is 4.09. The Kier molecular flexibility index (Phi) is 2.19. The summed E-state index contributed by atoms with van der Waals surface area (Å²) in [6, 6.07) is 4.63. The minimum Gasteiger partial charge on any atom is -0.296 e. The molecule has 1 aliphatic heterocycles. The van der Waals surface area contributed by atoms with E-state index in [9.17, 15) is 10.5 Å². The third kappa shape index (κ3) is 1.05. The summed E-state index contributed by atoms with van der Waals surface area (Å²) in [5.41, 5.74) is -1.31. The Morgan fingerprint density at radius 3 is 1.64 bits per heavy atom. The zero-order chi connectivity index (χ0) is 10.1. The van der Waals surface area contributed by atoms with Gasteiger partial charge < -0.3 is 0 Å². The molecule has 14 heavy (non-hydrogen) atoms. The van der Waals surface area contributed by atoms with Crippen molar-refractivity contribution < 1.29 is 0 Å². The summed E-state index contributed by atoms with van der Waals surface area (Å²) >= 11 is 0. The Labute approximate surface area is 83.9 Å². The summed E-state index contributed by atoms with van der Waals surface area (Å²) in [4.78, 5) is 0. The largest absolute Gasteiger partial charge is 0.296 e. The summed E-state index contributed by atoms with van der Waals surface area (Å²) < 4.78 is 0. The monoisotopic (exact) mass is 190 g/mol. The van der Waals surface area contributed by atoms with Crippen LogP contribution in [-0.2, 0) is 0 Å². The Morgan fingerprint density at radius 2 is 1.29 bits per heavy atom. The molecule has 2 unspecified atom stereocenters. The topological polar surface area (TPSA) is 71.6 Å². The summed E-state index contributed by atoms with van der Waals surface area (Å²) in [7, 11) is 0. The fourth-order valence-electron chi connectivity index (χ4n) is 2.62. The molecule has 1 aliphatic carbocycles. The molecule has 1 saturated heterocycles. The predicted octanol–water partition coefficient (Wildman–Crippen LogP) is 0.278. The SMILES string of the molecule is N#CC12CCCCC1(C#N)NCCN2. The molecule has 0 aromatic heterocycles. The van der Waals surface area contributed by atoms with Crippen molar-refractivity contribution in [2.75, 3.05) is 13.1 Å². The van der Waals surface area contributed by atoms with E-state index >= 15 is 0 Å². The van der Waals surface area contributed by atoms with Crippen molar-refractivity contribution in [2.45, 2.75) is 36.8 Å². The first kappa shape index (κ1) is 9.45. The second-order valence-corrected chi connectivity index (χ2v) is 4.09. The highest BCUT2D eigenvalue weighted by molar-refractivity contribution is 5.33. The number of fused-ring (bicyclic) bond motifs is 1. The van der Waals surface area contributed by atoms with Crippen molar-refractivity contribution in [3.63, 3.8) is 0 Å². The predicted molar refractivity (Wildman–Crippen MR) is 51.2 cm³/mol. The minimum atomic E-state index is -0.655. The van der Waals surface area contributed by atoms with E-state index in [1.165, 1.54) is 0 Å². The first-order valence-corrected chi connectivity index (χ1v) is 5.11. The minimum absolute atomic E-state index is 0.655. The van der Waals surface area contributed by atoms with Gasteiger partial charge in [-0.25, -0.2) is 0 Å². The normalized spacial score (nSPS) is 41.9. The number of nitrogens with zero attached hydrogens (tertiary/aromatic N) is 2. The third-order valence-electron chi connectivity index (χ3n) is 3.44. The van der Waals surface area contributed by atoms with Gasteiger partial charge in [0.2, 0.25) is 0 Å². The molecule has 0 aromatic carbocycles. The van der Waals surface area contributed by atoms with Gasteiger partial charge >= 0.3 is 0 Å². The van der Waals surface area contributed by atoms with Crippen LogP contribution in [0.4, 0.5) is 0 Å². The van der Waals surface area contributed by atoms with E-state index < -0.39 is 11.1 Å². The Bertz CT molecular complexity index is 265. The molecule has 0 amide bonds. The van der Waals surface area contributed by atoms with Crippen molar-refractivity contribution in [1.82, 2.24) is 10.6 Å². The van der Waals surface area contributed by atoms with Crippen LogP contribution in [-0.4, -0.2) is 24.2 Å². The lowest BCUT2D eigenvalue weighted by Crippen LogP contribution is -2.74. The van der Waals surface area contributed by atoms with Crippen LogP contribution in [0.5, 0.6) is 0 Å². The molecule has 2 atom stereocenters. The highest BCUT2D eigenvalue weighted by atomic mass is 15.2. The van der Waals surface area contributed by atoms with Crippen LogP contribution < -0.4 is 10.6 Å². The maximum absolute atomic E-state index is 9.27. The second kappa shape index (κ2) is 3.24. The zero-order valence-corrected chi connectivity index (χ0v) is 8.14. The average molecular weight is 190 g/mol. The molecular formula is C10H14N4. The Morgan fingerprint density at radius 1 is 0.857 bits per heavy atom. The summed E-state index contributed by atoms with van der Waals surface area (Å²) in [5.74, 6) is 0.